The van der Waals surface area contributed by atoms with E-state index >= 15 is 0 Å². The van der Waals surface area contributed by atoms with Gasteiger partial charge >= 0.3 is 11.9 Å². The van der Waals surface area contributed by atoms with Gasteiger partial charge in [0.05, 0.1) is 18.3 Å². The molecule has 0 aliphatic heterocycles. The maximum Gasteiger partial charge on any atom is 0.305 e. The van der Waals surface area contributed by atoms with Crippen molar-refractivity contribution in [2.24, 2.45) is 11.3 Å². The molecular weight excluding hydrogens is 388 g/mol. The Hall–Kier alpha value is -1.18. The van der Waals surface area contributed by atoms with E-state index in [1.54, 1.807) is 0 Å². The van der Waals surface area contributed by atoms with Crippen molar-refractivity contribution in [2.45, 2.75) is 111 Å². The minimum atomic E-state index is -0.942. The molecule has 0 amide bonds. The number of hydrogen-bond donors (Lipinski definition) is 2. The lowest BCUT2D eigenvalue weighted by molar-refractivity contribution is -0.239. The van der Waals surface area contributed by atoms with Crippen molar-refractivity contribution in [2.75, 3.05) is 13.2 Å². The Morgan fingerprint density at radius 3 is 2.10 bits per heavy atom. The highest BCUT2D eigenvalue weighted by Crippen LogP contribution is 2.30. The Kier molecular flexibility index (Phi) is 13.4. The van der Waals surface area contributed by atoms with Gasteiger partial charge in [-0.25, -0.2) is 0 Å². The van der Waals surface area contributed by atoms with Gasteiger partial charge in [0.1, 0.15) is 6.61 Å². The molecule has 0 aliphatic rings. The highest BCUT2D eigenvalue weighted by Gasteiger charge is 2.25. The molecule has 0 aromatic rings. The third kappa shape index (κ3) is 16.6. The monoisotopic (exact) mass is 432 g/mol. The van der Waals surface area contributed by atoms with Gasteiger partial charge in [0.25, 0.3) is 0 Å². The first kappa shape index (κ1) is 28.8. The maximum absolute atomic E-state index is 11.9. The molecule has 0 spiro atoms. The van der Waals surface area contributed by atoms with Crippen molar-refractivity contribution in [1.82, 2.24) is 0 Å². The van der Waals surface area contributed by atoms with Crippen LogP contribution in [-0.2, 0) is 23.8 Å². The molecule has 0 heterocycles. The van der Waals surface area contributed by atoms with Gasteiger partial charge in [-0.2, -0.15) is 0 Å². The lowest BCUT2D eigenvalue weighted by Gasteiger charge is -2.31. The van der Waals surface area contributed by atoms with Crippen LogP contribution in [0.1, 0.15) is 93.4 Å². The van der Waals surface area contributed by atoms with E-state index in [1.807, 2.05) is 20.8 Å². The van der Waals surface area contributed by atoms with Crippen LogP contribution in [0.2, 0.25) is 0 Å². The minimum Gasteiger partial charge on any atom is -0.481 e. The van der Waals surface area contributed by atoms with Gasteiger partial charge in [-0.1, -0.05) is 34.1 Å². The zero-order valence-corrected chi connectivity index (χ0v) is 20.0. The summed E-state index contributed by atoms with van der Waals surface area (Å²) in [7, 11) is 0. The Balaban J connectivity index is 4.74. The molecule has 0 fully saturated rings. The van der Waals surface area contributed by atoms with Crippen molar-refractivity contribution in [3.8, 4) is 0 Å². The van der Waals surface area contributed by atoms with Gasteiger partial charge in [0.15, 0.2) is 6.29 Å². The van der Waals surface area contributed by atoms with E-state index in [9.17, 15) is 14.7 Å². The summed E-state index contributed by atoms with van der Waals surface area (Å²) in [6, 6.07) is 0. The van der Waals surface area contributed by atoms with Gasteiger partial charge in [0.2, 0.25) is 0 Å². The Bertz CT molecular complexity index is 491. The fourth-order valence-electron chi connectivity index (χ4n) is 3.27. The van der Waals surface area contributed by atoms with Gasteiger partial charge in [-0.3, -0.25) is 9.59 Å². The Morgan fingerprint density at radius 2 is 1.63 bits per heavy atom. The van der Waals surface area contributed by atoms with E-state index in [2.05, 4.69) is 27.7 Å². The topological polar surface area (TPSA) is 102 Å². The number of esters is 1. The van der Waals surface area contributed by atoms with Crippen LogP contribution in [0.15, 0.2) is 0 Å². The Labute approximate surface area is 182 Å². The molecule has 7 heteroatoms. The van der Waals surface area contributed by atoms with Gasteiger partial charge in [0, 0.05) is 12.8 Å². The van der Waals surface area contributed by atoms with Crippen LogP contribution in [0.3, 0.4) is 0 Å². The molecule has 7 nitrogen and oxygen atoms in total. The van der Waals surface area contributed by atoms with Gasteiger partial charge in [-0.15, -0.1) is 0 Å². The molecule has 0 bridgehead atoms. The zero-order valence-electron chi connectivity index (χ0n) is 20.0. The summed E-state index contributed by atoms with van der Waals surface area (Å²) in [5.41, 5.74) is -0.262. The zero-order chi connectivity index (χ0) is 23.4. The van der Waals surface area contributed by atoms with Crippen LogP contribution in [-0.4, -0.2) is 53.4 Å². The second kappa shape index (κ2) is 14.0. The average Bonchev–Trinajstić information content (AvgIpc) is 2.59. The number of ether oxygens (including phenoxy) is 3. The smallest absolute Gasteiger partial charge is 0.305 e. The predicted molar refractivity (Wildman–Crippen MR) is 116 cm³/mol. The van der Waals surface area contributed by atoms with E-state index in [-0.39, 0.29) is 37.9 Å². The molecule has 30 heavy (non-hydrogen) atoms. The van der Waals surface area contributed by atoms with Crippen molar-refractivity contribution >= 4 is 11.9 Å². The molecule has 3 atom stereocenters. The maximum atomic E-state index is 11.9. The Morgan fingerprint density at radius 1 is 1.00 bits per heavy atom. The number of aliphatic carboxylic acids is 1. The van der Waals surface area contributed by atoms with Crippen molar-refractivity contribution < 1.29 is 34.0 Å². The highest BCUT2D eigenvalue weighted by molar-refractivity contribution is 5.71. The van der Waals surface area contributed by atoms with E-state index < -0.39 is 29.9 Å². The SMILES string of the molecule is CCC(CCC(CO)OC(COC(=O)CCCC(=O)O)OC(C)(C)C)CC(C)(C)C. The van der Waals surface area contributed by atoms with Gasteiger partial charge < -0.3 is 24.4 Å². The number of hydrogen-bond acceptors (Lipinski definition) is 6. The van der Waals surface area contributed by atoms with Crippen molar-refractivity contribution in [3.05, 3.63) is 0 Å². The number of carbonyl (C=O) groups excluding carboxylic acids is 1. The summed E-state index contributed by atoms with van der Waals surface area (Å²) in [4.78, 5) is 22.4. The summed E-state index contributed by atoms with van der Waals surface area (Å²) in [6.07, 6.45) is 2.80. The molecule has 0 saturated heterocycles. The van der Waals surface area contributed by atoms with Crippen LogP contribution in [0.5, 0.6) is 0 Å². The number of carbonyl (C=O) groups is 2. The summed E-state index contributed by atoms with van der Waals surface area (Å²) in [5, 5.41) is 18.4. The second-order valence-corrected chi connectivity index (χ2v) is 10.1. The van der Waals surface area contributed by atoms with Crippen molar-refractivity contribution in [1.29, 1.82) is 0 Å². The van der Waals surface area contributed by atoms with Crippen molar-refractivity contribution in [3.63, 3.8) is 0 Å². The van der Waals surface area contributed by atoms with Crippen LogP contribution in [0.25, 0.3) is 0 Å². The average molecular weight is 433 g/mol. The fourth-order valence-corrected chi connectivity index (χ4v) is 3.27. The number of rotatable bonds is 15. The lowest BCUT2D eigenvalue weighted by Crippen LogP contribution is -2.37. The van der Waals surface area contributed by atoms with E-state index in [4.69, 9.17) is 19.3 Å². The number of carboxylic acids is 1. The molecule has 0 radical (unpaired) electrons. The number of aliphatic hydroxyl groups is 1. The molecule has 0 aliphatic carbocycles. The molecule has 2 N–H and O–H groups in total. The van der Waals surface area contributed by atoms with E-state index in [1.165, 1.54) is 0 Å². The van der Waals surface area contributed by atoms with Crippen LogP contribution >= 0.6 is 0 Å². The van der Waals surface area contributed by atoms with Crippen LogP contribution in [0.4, 0.5) is 0 Å². The molecule has 3 unspecified atom stereocenters. The van der Waals surface area contributed by atoms with E-state index in [0.717, 1.165) is 19.3 Å². The normalized spacial score (nSPS) is 15.5. The summed E-state index contributed by atoms with van der Waals surface area (Å²) < 4.78 is 17.0. The number of aliphatic hydroxyl groups excluding tert-OH is 1. The molecule has 0 aromatic heterocycles. The summed E-state index contributed by atoms with van der Waals surface area (Å²) in [6.45, 7) is 14.3. The quantitative estimate of drug-likeness (QED) is 0.289. The third-order valence-corrected chi connectivity index (χ3v) is 4.56. The molecular formula is C23H44O7. The highest BCUT2D eigenvalue weighted by atomic mass is 16.7. The molecule has 0 saturated carbocycles. The molecule has 0 aromatic carbocycles. The second-order valence-electron chi connectivity index (χ2n) is 10.1. The third-order valence-electron chi connectivity index (χ3n) is 4.56. The van der Waals surface area contributed by atoms with E-state index in [0.29, 0.717) is 12.3 Å². The standard InChI is InChI=1S/C23H44O7/c1-8-17(14-22(2,3)4)12-13-18(15-24)29-21(30-23(5,6)7)16-28-20(27)11-9-10-19(25)26/h17-18,21,24H,8-16H2,1-7H3,(H,25,26). The first-order valence-corrected chi connectivity index (χ1v) is 11.1. The predicted octanol–water partition coefficient (Wildman–Crippen LogP) is 4.55. The first-order chi connectivity index (χ1) is 13.8. The summed E-state index contributed by atoms with van der Waals surface area (Å²) >= 11 is 0. The largest absolute Gasteiger partial charge is 0.481 e. The fraction of sp³-hybridized carbons (Fsp3) is 0.913. The molecule has 0 rings (SSSR count). The number of carboxylic acid groups (broad SMARTS) is 1. The van der Waals surface area contributed by atoms with Crippen LogP contribution in [0, 0.1) is 11.3 Å². The molecule has 178 valence electrons. The first-order valence-electron chi connectivity index (χ1n) is 11.1. The minimum absolute atomic E-state index is 0.0307. The lowest BCUT2D eigenvalue weighted by atomic mass is 9.81. The van der Waals surface area contributed by atoms with Gasteiger partial charge in [-0.05, 0) is 57.8 Å². The summed E-state index contributed by atoms with van der Waals surface area (Å²) in [5.74, 6) is -0.876. The van der Waals surface area contributed by atoms with Crippen LogP contribution < -0.4 is 0 Å².